The number of pyridine rings is 1. The number of aromatic amines is 1. The third kappa shape index (κ3) is 8.29. The van der Waals surface area contributed by atoms with E-state index in [1.165, 1.54) is 0 Å². The average Bonchev–Trinajstić information content (AvgIpc) is 3.44. The predicted molar refractivity (Wildman–Crippen MR) is 172 cm³/mol. The number of esters is 1. The highest BCUT2D eigenvalue weighted by molar-refractivity contribution is 6.02. The van der Waals surface area contributed by atoms with Crippen LogP contribution in [0.15, 0.2) is 30.3 Å². The molecule has 4 N–H and O–H groups in total. The first-order valence-electron chi connectivity index (χ1n) is 15.6. The summed E-state index contributed by atoms with van der Waals surface area (Å²) in [5.74, 6) is -2.43. The number of fused-ring (bicyclic) bond motifs is 1. The molecule has 0 aliphatic carbocycles. The van der Waals surface area contributed by atoms with E-state index < -0.39 is 48.2 Å². The molecule has 0 radical (unpaired) electrons. The molecule has 12 nitrogen and oxygen atoms in total. The molecule has 246 valence electrons. The second-order valence-corrected chi connectivity index (χ2v) is 12.3. The van der Waals surface area contributed by atoms with E-state index in [0.29, 0.717) is 41.9 Å². The largest absolute Gasteiger partial charge is 0.496 e. The SMILES string of the molecule is COc1cccc2[nH]c(C(=O)N[C@@H](CC(C)C)C(=O)N[C@@H](C[C@@H]3CCCNC3=O)C(=O)COC(=O)c3c(C)cc(C)nc3C)cc12. The van der Waals surface area contributed by atoms with Gasteiger partial charge in [0.15, 0.2) is 12.4 Å². The molecule has 12 heteroatoms. The van der Waals surface area contributed by atoms with Crippen molar-refractivity contribution in [2.75, 3.05) is 20.3 Å². The van der Waals surface area contributed by atoms with Gasteiger partial charge in [-0.25, -0.2) is 4.79 Å². The zero-order chi connectivity index (χ0) is 33.5. The number of ketones is 1. The van der Waals surface area contributed by atoms with Gasteiger partial charge in [-0.15, -0.1) is 0 Å². The van der Waals surface area contributed by atoms with Gasteiger partial charge in [0.05, 0.1) is 24.4 Å². The number of ether oxygens (including phenoxy) is 2. The fourth-order valence-corrected chi connectivity index (χ4v) is 5.90. The first-order valence-corrected chi connectivity index (χ1v) is 15.6. The van der Waals surface area contributed by atoms with Crippen molar-refractivity contribution >= 4 is 40.4 Å². The molecule has 0 saturated carbocycles. The maximum Gasteiger partial charge on any atom is 0.340 e. The molecule has 3 heterocycles. The lowest BCUT2D eigenvalue weighted by Crippen LogP contribution is -2.54. The Kier molecular flexibility index (Phi) is 11.2. The average molecular weight is 634 g/mol. The van der Waals surface area contributed by atoms with Crippen LogP contribution in [-0.2, 0) is 19.1 Å². The summed E-state index contributed by atoms with van der Waals surface area (Å²) in [4.78, 5) is 73.5. The fraction of sp³-hybridized carbons (Fsp3) is 0.471. The number of aryl methyl sites for hydroxylation is 3. The van der Waals surface area contributed by atoms with Crippen molar-refractivity contribution in [1.82, 2.24) is 25.9 Å². The topological polar surface area (TPSA) is 169 Å². The van der Waals surface area contributed by atoms with Crippen molar-refractivity contribution in [3.8, 4) is 5.75 Å². The number of carbonyl (C=O) groups is 5. The monoisotopic (exact) mass is 633 g/mol. The summed E-state index contributed by atoms with van der Waals surface area (Å²) < 4.78 is 10.8. The maximum atomic E-state index is 13.7. The number of piperidine rings is 1. The van der Waals surface area contributed by atoms with Crippen LogP contribution in [0.25, 0.3) is 10.9 Å². The molecule has 0 spiro atoms. The third-order valence-corrected chi connectivity index (χ3v) is 8.12. The van der Waals surface area contributed by atoms with Gasteiger partial charge >= 0.3 is 5.97 Å². The highest BCUT2D eigenvalue weighted by atomic mass is 16.5. The van der Waals surface area contributed by atoms with Crippen LogP contribution in [0.1, 0.15) is 77.3 Å². The first-order chi connectivity index (χ1) is 21.9. The van der Waals surface area contributed by atoms with Gasteiger partial charge in [-0.3, -0.25) is 24.2 Å². The summed E-state index contributed by atoms with van der Waals surface area (Å²) in [6.07, 6.45) is 1.61. The summed E-state index contributed by atoms with van der Waals surface area (Å²) in [5, 5.41) is 9.10. The third-order valence-electron chi connectivity index (χ3n) is 8.12. The van der Waals surface area contributed by atoms with E-state index in [1.807, 2.05) is 26.8 Å². The molecular formula is C34H43N5O7. The smallest absolute Gasteiger partial charge is 0.340 e. The van der Waals surface area contributed by atoms with Crippen molar-refractivity contribution in [1.29, 1.82) is 0 Å². The van der Waals surface area contributed by atoms with Crippen molar-refractivity contribution in [3.05, 3.63) is 58.5 Å². The number of carbonyl (C=O) groups excluding carboxylic acids is 5. The first kappa shape index (κ1) is 34.1. The van der Waals surface area contributed by atoms with E-state index in [1.54, 1.807) is 45.2 Å². The number of nitrogens with zero attached hydrogens (tertiary/aromatic N) is 1. The van der Waals surface area contributed by atoms with Crippen molar-refractivity contribution in [2.24, 2.45) is 11.8 Å². The molecule has 46 heavy (non-hydrogen) atoms. The number of aromatic nitrogens is 2. The molecule has 1 saturated heterocycles. The van der Waals surface area contributed by atoms with Gasteiger partial charge in [-0.1, -0.05) is 19.9 Å². The summed E-state index contributed by atoms with van der Waals surface area (Å²) in [6.45, 7) is 9.04. The zero-order valence-electron chi connectivity index (χ0n) is 27.2. The van der Waals surface area contributed by atoms with Crippen LogP contribution in [0.5, 0.6) is 5.75 Å². The number of benzene rings is 1. The lowest BCUT2D eigenvalue weighted by molar-refractivity contribution is -0.133. The van der Waals surface area contributed by atoms with E-state index in [0.717, 1.165) is 17.5 Å². The number of H-pyrrole nitrogens is 1. The second kappa shape index (κ2) is 15.0. The fourth-order valence-electron chi connectivity index (χ4n) is 5.90. The van der Waals surface area contributed by atoms with Gasteiger partial charge < -0.3 is 30.4 Å². The van der Waals surface area contributed by atoms with Crippen molar-refractivity contribution < 1.29 is 33.4 Å². The lowest BCUT2D eigenvalue weighted by atomic mass is 9.90. The molecule has 0 unspecified atom stereocenters. The molecule has 1 aliphatic heterocycles. The van der Waals surface area contributed by atoms with Crippen LogP contribution in [0.4, 0.5) is 0 Å². The van der Waals surface area contributed by atoms with Gasteiger partial charge in [0.25, 0.3) is 5.91 Å². The molecular weight excluding hydrogens is 590 g/mol. The van der Waals surface area contributed by atoms with E-state index in [4.69, 9.17) is 9.47 Å². The van der Waals surface area contributed by atoms with Crippen LogP contribution in [0, 0.1) is 32.6 Å². The van der Waals surface area contributed by atoms with E-state index in [-0.39, 0.29) is 29.5 Å². The van der Waals surface area contributed by atoms with E-state index in [2.05, 4.69) is 25.9 Å². The molecule has 0 bridgehead atoms. The quantitative estimate of drug-likeness (QED) is 0.208. The highest BCUT2D eigenvalue weighted by Crippen LogP contribution is 2.26. The lowest BCUT2D eigenvalue weighted by Gasteiger charge is -2.28. The van der Waals surface area contributed by atoms with Gasteiger partial charge in [0, 0.05) is 29.1 Å². The van der Waals surface area contributed by atoms with Crippen LogP contribution in [-0.4, -0.2) is 71.8 Å². The Morgan fingerprint density at radius 1 is 1.07 bits per heavy atom. The standard InChI is InChI=1S/C34H43N5O7/c1-18(2)13-26(39-33(43)27-16-23-24(37-27)10-7-11-29(23)45-6)32(42)38-25(15-22-9-8-12-35-31(22)41)28(40)17-46-34(44)30-19(3)14-20(4)36-21(30)5/h7,10-11,14,16,18,22,25-26,37H,8-9,12-13,15,17H2,1-6H3,(H,35,41)(H,38,42)(H,39,43)/t22-,25-,26-/m0/s1. The molecule has 3 amide bonds. The highest BCUT2D eigenvalue weighted by Gasteiger charge is 2.33. The number of hydrogen-bond donors (Lipinski definition) is 4. The van der Waals surface area contributed by atoms with Gasteiger partial charge in [0.2, 0.25) is 11.8 Å². The Morgan fingerprint density at radius 2 is 1.83 bits per heavy atom. The Morgan fingerprint density at radius 3 is 2.50 bits per heavy atom. The number of hydrogen-bond acceptors (Lipinski definition) is 8. The molecule has 2 aromatic heterocycles. The van der Waals surface area contributed by atoms with Crippen LogP contribution >= 0.6 is 0 Å². The normalized spacial score (nSPS) is 16.0. The summed E-state index contributed by atoms with van der Waals surface area (Å²) in [5.41, 5.74) is 3.14. The maximum absolute atomic E-state index is 13.7. The van der Waals surface area contributed by atoms with E-state index in [9.17, 15) is 24.0 Å². The minimum absolute atomic E-state index is 0.0210. The molecule has 1 aromatic carbocycles. The Balaban J connectivity index is 1.51. The summed E-state index contributed by atoms with van der Waals surface area (Å²) in [7, 11) is 1.54. The number of methoxy groups -OCH3 is 1. The van der Waals surface area contributed by atoms with Crippen molar-refractivity contribution in [2.45, 2.75) is 72.4 Å². The van der Waals surface area contributed by atoms with Crippen molar-refractivity contribution in [3.63, 3.8) is 0 Å². The minimum atomic E-state index is -1.13. The van der Waals surface area contributed by atoms with Gasteiger partial charge in [-0.05, 0) is 82.2 Å². The Hall–Kier alpha value is -4.74. The Bertz CT molecular complexity index is 1610. The molecule has 3 aromatic rings. The molecule has 1 fully saturated rings. The van der Waals surface area contributed by atoms with E-state index >= 15 is 0 Å². The van der Waals surface area contributed by atoms with Crippen LogP contribution in [0.2, 0.25) is 0 Å². The molecule has 1 aliphatic rings. The number of nitrogens with one attached hydrogen (secondary N) is 4. The number of amides is 3. The number of Topliss-reactive ketones (excluding diaryl/α,β-unsaturated/α-hetero) is 1. The molecule has 4 rings (SSSR count). The van der Waals surface area contributed by atoms with Gasteiger partial charge in [-0.2, -0.15) is 0 Å². The second-order valence-electron chi connectivity index (χ2n) is 12.3. The molecule has 3 atom stereocenters. The number of rotatable bonds is 13. The minimum Gasteiger partial charge on any atom is -0.496 e. The Labute approximate surface area is 268 Å². The van der Waals surface area contributed by atoms with Gasteiger partial charge in [0.1, 0.15) is 17.5 Å². The summed E-state index contributed by atoms with van der Waals surface area (Å²) in [6, 6.07) is 6.70. The van der Waals surface area contributed by atoms with Crippen LogP contribution in [0.3, 0.4) is 0 Å². The van der Waals surface area contributed by atoms with Crippen LogP contribution < -0.4 is 20.7 Å². The zero-order valence-corrected chi connectivity index (χ0v) is 27.2. The summed E-state index contributed by atoms with van der Waals surface area (Å²) >= 11 is 0. The predicted octanol–water partition coefficient (Wildman–Crippen LogP) is 3.47.